The van der Waals surface area contributed by atoms with Crippen LogP contribution in [0.15, 0.2) is 28.7 Å². The maximum atomic E-state index is 6.36. The number of likely N-dealkylation sites (N-methyl/N-ethyl adjacent to an activating group) is 1. The highest BCUT2D eigenvalue weighted by Gasteiger charge is 2.24. The summed E-state index contributed by atoms with van der Waals surface area (Å²) in [5.74, 6) is 0.698. The summed E-state index contributed by atoms with van der Waals surface area (Å²) in [6.07, 6.45) is 2.19. The fourth-order valence-electron chi connectivity index (χ4n) is 2.48. The van der Waals surface area contributed by atoms with Crippen LogP contribution < -0.4 is 5.73 Å². The summed E-state index contributed by atoms with van der Waals surface area (Å²) < 4.78 is 1.12. The van der Waals surface area contributed by atoms with Crippen molar-refractivity contribution in [2.75, 3.05) is 13.6 Å². The molecule has 0 radical (unpaired) electrons. The maximum Gasteiger partial charge on any atom is 0.0496 e. The van der Waals surface area contributed by atoms with Crippen LogP contribution in [0, 0.1) is 5.92 Å². The van der Waals surface area contributed by atoms with Crippen molar-refractivity contribution < 1.29 is 0 Å². The quantitative estimate of drug-likeness (QED) is 0.813. The molecule has 0 heterocycles. The average molecular weight is 327 g/mol. The van der Waals surface area contributed by atoms with Crippen LogP contribution in [0.4, 0.5) is 0 Å². The molecule has 0 aromatic heterocycles. The summed E-state index contributed by atoms with van der Waals surface area (Å²) in [6.45, 7) is 7.78. The molecule has 3 unspecified atom stereocenters. The van der Waals surface area contributed by atoms with Crippen LogP contribution in [-0.4, -0.2) is 24.5 Å². The summed E-state index contributed by atoms with van der Waals surface area (Å²) in [5, 5.41) is 0. The molecule has 2 N–H and O–H groups in total. The van der Waals surface area contributed by atoms with Gasteiger partial charge in [-0.3, -0.25) is 4.90 Å². The Bertz CT molecular complexity index is 381. The normalized spacial score (nSPS) is 16.4. The lowest BCUT2D eigenvalue weighted by atomic mass is 9.95. The molecule has 1 aromatic rings. The van der Waals surface area contributed by atoms with Crippen LogP contribution in [0.1, 0.15) is 45.2 Å². The van der Waals surface area contributed by atoms with Crippen molar-refractivity contribution in [3.05, 3.63) is 34.3 Å². The molecule has 108 valence electrons. The zero-order valence-corrected chi connectivity index (χ0v) is 14.2. The third-order valence-electron chi connectivity index (χ3n) is 3.84. The molecular weight excluding hydrogens is 300 g/mol. The Hall–Kier alpha value is -0.380. The first-order chi connectivity index (χ1) is 8.99. The molecule has 0 spiro atoms. The molecule has 0 aliphatic rings. The van der Waals surface area contributed by atoms with E-state index in [0.29, 0.717) is 5.92 Å². The minimum atomic E-state index is 0.170. The van der Waals surface area contributed by atoms with E-state index in [2.05, 4.69) is 72.9 Å². The molecule has 1 aromatic carbocycles. The number of hydrogen-bond donors (Lipinski definition) is 1. The SMILES string of the molecule is CCC(C)CN(C)C(c1cccc(Br)c1)C(N)CC. The smallest absolute Gasteiger partial charge is 0.0496 e. The summed E-state index contributed by atoms with van der Waals surface area (Å²) in [7, 11) is 2.19. The molecule has 2 nitrogen and oxygen atoms in total. The number of hydrogen-bond acceptors (Lipinski definition) is 2. The summed E-state index contributed by atoms with van der Waals surface area (Å²) in [5.41, 5.74) is 7.66. The van der Waals surface area contributed by atoms with E-state index in [1.54, 1.807) is 0 Å². The fraction of sp³-hybridized carbons (Fsp3) is 0.625. The van der Waals surface area contributed by atoms with Crippen molar-refractivity contribution in [2.45, 2.75) is 45.7 Å². The number of nitrogens with zero attached hydrogens (tertiary/aromatic N) is 1. The predicted molar refractivity (Wildman–Crippen MR) is 87.2 cm³/mol. The second-order valence-electron chi connectivity index (χ2n) is 5.52. The van der Waals surface area contributed by atoms with Crippen molar-refractivity contribution in [3.8, 4) is 0 Å². The Morgan fingerprint density at radius 3 is 2.47 bits per heavy atom. The van der Waals surface area contributed by atoms with Gasteiger partial charge in [0.15, 0.2) is 0 Å². The van der Waals surface area contributed by atoms with Crippen molar-refractivity contribution in [2.24, 2.45) is 11.7 Å². The monoisotopic (exact) mass is 326 g/mol. The first-order valence-corrected chi connectivity index (χ1v) is 8.00. The van der Waals surface area contributed by atoms with Crippen LogP contribution in [0.3, 0.4) is 0 Å². The molecular formula is C16H27BrN2. The summed E-state index contributed by atoms with van der Waals surface area (Å²) in [6, 6.07) is 8.98. The van der Waals surface area contributed by atoms with Crippen molar-refractivity contribution in [1.29, 1.82) is 0 Å². The molecule has 0 aliphatic heterocycles. The third kappa shape index (κ3) is 4.90. The highest BCUT2D eigenvalue weighted by molar-refractivity contribution is 9.10. The Morgan fingerprint density at radius 2 is 1.95 bits per heavy atom. The van der Waals surface area contributed by atoms with E-state index in [4.69, 9.17) is 5.73 Å². The first kappa shape index (κ1) is 16.7. The molecule has 3 heteroatoms. The third-order valence-corrected chi connectivity index (χ3v) is 4.33. The molecule has 0 saturated heterocycles. The van der Waals surface area contributed by atoms with Gasteiger partial charge in [0.25, 0.3) is 0 Å². The number of benzene rings is 1. The van der Waals surface area contributed by atoms with Gasteiger partial charge in [-0.2, -0.15) is 0 Å². The van der Waals surface area contributed by atoms with Gasteiger partial charge in [0.1, 0.15) is 0 Å². The zero-order valence-electron chi connectivity index (χ0n) is 12.6. The minimum Gasteiger partial charge on any atom is -0.326 e. The molecule has 1 rings (SSSR count). The molecule has 0 bridgehead atoms. The van der Waals surface area contributed by atoms with Crippen molar-refractivity contribution in [3.63, 3.8) is 0 Å². The van der Waals surface area contributed by atoms with Gasteiger partial charge in [-0.1, -0.05) is 55.3 Å². The van der Waals surface area contributed by atoms with E-state index in [0.717, 1.165) is 17.4 Å². The molecule has 3 atom stereocenters. The Morgan fingerprint density at radius 1 is 1.26 bits per heavy atom. The highest BCUT2D eigenvalue weighted by Crippen LogP contribution is 2.27. The predicted octanol–water partition coefficient (Wildman–Crippen LogP) is 4.21. The van der Waals surface area contributed by atoms with Gasteiger partial charge in [-0.15, -0.1) is 0 Å². The van der Waals surface area contributed by atoms with E-state index >= 15 is 0 Å². The largest absolute Gasteiger partial charge is 0.326 e. The molecule has 19 heavy (non-hydrogen) atoms. The van der Waals surface area contributed by atoms with Crippen LogP contribution >= 0.6 is 15.9 Å². The van der Waals surface area contributed by atoms with E-state index in [1.165, 1.54) is 12.0 Å². The topological polar surface area (TPSA) is 29.3 Å². The second-order valence-corrected chi connectivity index (χ2v) is 6.44. The Balaban J connectivity index is 2.94. The lowest BCUT2D eigenvalue weighted by molar-refractivity contribution is 0.182. The van der Waals surface area contributed by atoms with Crippen LogP contribution in [0.2, 0.25) is 0 Å². The van der Waals surface area contributed by atoms with Crippen molar-refractivity contribution in [1.82, 2.24) is 4.90 Å². The van der Waals surface area contributed by atoms with Crippen LogP contribution in [-0.2, 0) is 0 Å². The number of rotatable bonds is 7. The van der Waals surface area contributed by atoms with Crippen molar-refractivity contribution >= 4 is 15.9 Å². The second kappa shape index (κ2) is 8.03. The van der Waals surface area contributed by atoms with Gasteiger partial charge >= 0.3 is 0 Å². The molecule has 0 fully saturated rings. The Kier molecular flexibility index (Phi) is 7.05. The average Bonchev–Trinajstić information content (AvgIpc) is 2.38. The van der Waals surface area contributed by atoms with Gasteiger partial charge < -0.3 is 5.73 Å². The number of nitrogens with two attached hydrogens (primary N) is 1. The lowest BCUT2D eigenvalue weighted by Crippen LogP contribution is -2.40. The van der Waals surface area contributed by atoms with E-state index in [-0.39, 0.29) is 12.1 Å². The highest BCUT2D eigenvalue weighted by atomic mass is 79.9. The van der Waals surface area contributed by atoms with Gasteiger partial charge in [0.2, 0.25) is 0 Å². The fourth-order valence-corrected chi connectivity index (χ4v) is 2.89. The lowest BCUT2D eigenvalue weighted by Gasteiger charge is -2.34. The number of halogens is 1. The minimum absolute atomic E-state index is 0.170. The van der Waals surface area contributed by atoms with E-state index in [9.17, 15) is 0 Å². The first-order valence-electron chi connectivity index (χ1n) is 7.20. The zero-order chi connectivity index (χ0) is 14.4. The maximum absolute atomic E-state index is 6.36. The van der Waals surface area contributed by atoms with Crippen LogP contribution in [0.25, 0.3) is 0 Å². The summed E-state index contributed by atoms with van der Waals surface area (Å²) >= 11 is 3.56. The van der Waals surface area contributed by atoms with Gasteiger partial charge in [-0.25, -0.2) is 0 Å². The molecule has 0 saturated carbocycles. The molecule has 0 aliphatic carbocycles. The van der Waals surface area contributed by atoms with Gasteiger partial charge in [-0.05, 0) is 37.1 Å². The van der Waals surface area contributed by atoms with E-state index in [1.807, 2.05) is 0 Å². The molecule has 0 amide bonds. The van der Waals surface area contributed by atoms with Gasteiger partial charge in [0.05, 0.1) is 0 Å². The summed E-state index contributed by atoms with van der Waals surface area (Å²) in [4.78, 5) is 2.41. The van der Waals surface area contributed by atoms with Gasteiger partial charge in [0, 0.05) is 23.1 Å². The standard InChI is InChI=1S/C16H27BrN2/c1-5-12(3)11-19(4)16(15(18)6-2)13-8-7-9-14(17)10-13/h7-10,12,15-16H,5-6,11,18H2,1-4H3. The van der Waals surface area contributed by atoms with Crippen LogP contribution in [0.5, 0.6) is 0 Å². The van der Waals surface area contributed by atoms with E-state index < -0.39 is 0 Å². The Labute approximate surface area is 126 Å².